The first-order chi connectivity index (χ1) is 7.00. The third kappa shape index (κ3) is 3.36. The summed E-state index contributed by atoms with van der Waals surface area (Å²) in [5.74, 6) is -0.324. The maximum absolute atomic E-state index is 10.7. The first-order valence-electron chi connectivity index (χ1n) is 4.29. The van der Waals surface area contributed by atoms with Gasteiger partial charge in [0, 0.05) is 11.0 Å². The van der Waals surface area contributed by atoms with Crippen molar-refractivity contribution < 1.29 is 9.90 Å². The van der Waals surface area contributed by atoms with Gasteiger partial charge in [-0.2, -0.15) is 0 Å². The van der Waals surface area contributed by atoms with Gasteiger partial charge >= 0.3 is 5.97 Å². The van der Waals surface area contributed by atoms with Gasteiger partial charge in [0.25, 0.3) is 0 Å². The molecule has 0 unspecified atom stereocenters. The minimum absolute atomic E-state index is 0.221. The highest BCUT2D eigenvalue weighted by Crippen LogP contribution is 2.11. The van der Waals surface area contributed by atoms with E-state index in [9.17, 15) is 4.79 Å². The Morgan fingerprint density at radius 2 is 2.33 bits per heavy atom. The number of anilines is 1. The molecule has 0 aliphatic rings. The zero-order valence-corrected chi connectivity index (χ0v) is 9.84. The third-order valence-electron chi connectivity index (χ3n) is 1.78. The Morgan fingerprint density at radius 1 is 1.67 bits per heavy atom. The number of carbonyl (C=O) groups is 1. The van der Waals surface area contributed by atoms with Crippen LogP contribution in [0.25, 0.3) is 0 Å². The summed E-state index contributed by atoms with van der Waals surface area (Å²) in [4.78, 5) is 14.8. The summed E-state index contributed by atoms with van der Waals surface area (Å²) in [5.41, 5.74) is 0.714. The van der Waals surface area contributed by atoms with Crippen LogP contribution in [-0.2, 0) is 0 Å². The standard InChI is InChI=1S/C10H11BrN2O2/c1-6(11)5-12-9-4-3-8(10(14)15)7(2)13-9/h3-4H,1,5H2,2H3,(H,12,13)(H,14,15). The number of rotatable bonds is 4. The monoisotopic (exact) mass is 270 g/mol. The van der Waals surface area contributed by atoms with Gasteiger partial charge in [-0.05, 0) is 19.1 Å². The van der Waals surface area contributed by atoms with Gasteiger partial charge in [-0.25, -0.2) is 9.78 Å². The molecule has 0 spiro atoms. The van der Waals surface area contributed by atoms with E-state index < -0.39 is 5.97 Å². The molecule has 0 fully saturated rings. The Bertz CT molecular complexity index is 404. The van der Waals surface area contributed by atoms with E-state index >= 15 is 0 Å². The number of hydrogen-bond acceptors (Lipinski definition) is 3. The van der Waals surface area contributed by atoms with E-state index in [1.807, 2.05) is 0 Å². The predicted molar refractivity (Wildman–Crippen MR) is 62.5 cm³/mol. The molecule has 0 aromatic carbocycles. The smallest absolute Gasteiger partial charge is 0.337 e. The van der Waals surface area contributed by atoms with E-state index in [2.05, 4.69) is 32.8 Å². The van der Waals surface area contributed by atoms with E-state index in [-0.39, 0.29) is 5.56 Å². The summed E-state index contributed by atoms with van der Waals surface area (Å²) in [7, 11) is 0. The van der Waals surface area contributed by atoms with Crippen molar-refractivity contribution in [3.05, 3.63) is 34.5 Å². The predicted octanol–water partition coefficient (Wildman–Crippen LogP) is 2.41. The second-order valence-electron chi connectivity index (χ2n) is 3.01. The molecule has 2 N–H and O–H groups in total. The van der Waals surface area contributed by atoms with Crippen molar-refractivity contribution in [3.63, 3.8) is 0 Å². The molecular formula is C10H11BrN2O2. The van der Waals surface area contributed by atoms with Crippen molar-refractivity contribution in [2.45, 2.75) is 6.92 Å². The maximum atomic E-state index is 10.7. The van der Waals surface area contributed by atoms with Crippen molar-refractivity contribution in [2.24, 2.45) is 0 Å². The number of nitrogens with zero attached hydrogens (tertiary/aromatic N) is 1. The van der Waals surface area contributed by atoms with Crippen LogP contribution in [0.5, 0.6) is 0 Å². The molecule has 1 rings (SSSR count). The van der Waals surface area contributed by atoms with Crippen LogP contribution in [0.4, 0.5) is 5.82 Å². The van der Waals surface area contributed by atoms with E-state index in [0.29, 0.717) is 18.1 Å². The van der Waals surface area contributed by atoms with Crippen molar-refractivity contribution in [1.82, 2.24) is 4.98 Å². The van der Waals surface area contributed by atoms with Gasteiger partial charge in [-0.15, -0.1) is 0 Å². The van der Waals surface area contributed by atoms with E-state index in [4.69, 9.17) is 5.11 Å². The summed E-state index contributed by atoms with van der Waals surface area (Å²) in [6.45, 7) is 5.89. The first-order valence-corrected chi connectivity index (χ1v) is 5.08. The lowest BCUT2D eigenvalue weighted by atomic mass is 10.2. The number of hydrogen-bond donors (Lipinski definition) is 2. The fraction of sp³-hybridized carbons (Fsp3) is 0.200. The topological polar surface area (TPSA) is 62.2 Å². The highest BCUT2D eigenvalue weighted by Gasteiger charge is 2.08. The molecule has 0 saturated carbocycles. The summed E-state index contributed by atoms with van der Waals surface area (Å²) in [6, 6.07) is 3.16. The van der Waals surface area contributed by atoms with Crippen LogP contribution in [0.2, 0.25) is 0 Å². The molecule has 4 nitrogen and oxygen atoms in total. The van der Waals surface area contributed by atoms with Gasteiger partial charge in [0.1, 0.15) is 5.82 Å². The molecule has 80 valence electrons. The van der Waals surface area contributed by atoms with E-state index in [0.717, 1.165) is 4.48 Å². The van der Waals surface area contributed by atoms with Crippen LogP contribution < -0.4 is 5.32 Å². The van der Waals surface area contributed by atoms with Gasteiger partial charge in [0.2, 0.25) is 0 Å². The molecule has 0 bridgehead atoms. The quantitative estimate of drug-likeness (QED) is 0.882. The molecule has 0 saturated heterocycles. The van der Waals surface area contributed by atoms with Gasteiger partial charge < -0.3 is 10.4 Å². The Balaban J connectivity index is 2.82. The number of carboxylic acid groups (broad SMARTS) is 1. The number of pyridine rings is 1. The van der Waals surface area contributed by atoms with Crippen LogP contribution in [0.3, 0.4) is 0 Å². The molecule has 0 atom stereocenters. The fourth-order valence-corrected chi connectivity index (χ4v) is 1.21. The van der Waals surface area contributed by atoms with Crippen LogP contribution >= 0.6 is 15.9 Å². The fourth-order valence-electron chi connectivity index (χ4n) is 1.07. The van der Waals surface area contributed by atoms with Gasteiger partial charge in [0.05, 0.1) is 11.3 Å². The zero-order chi connectivity index (χ0) is 11.4. The van der Waals surface area contributed by atoms with Crippen molar-refractivity contribution in [2.75, 3.05) is 11.9 Å². The van der Waals surface area contributed by atoms with Gasteiger partial charge in [-0.3, -0.25) is 0 Å². The van der Waals surface area contributed by atoms with Crippen LogP contribution in [0, 0.1) is 6.92 Å². The number of aryl methyl sites for hydroxylation is 1. The lowest BCUT2D eigenvalue weighted by Crippen LogP contribution is -2.06. The van der Waals surface area contributed by atoms with Gasteiger partial charge in [-0.1, -0.05) is 22.5 Å². The highest BCUT2D eigenvalue weighted by atomic mass is 79.9. The summed E-state index contributed by atoms with van der Waals surface area (Å²) in [5, 5.41) is 11.8. The molecule has 1 aromatic rings. The average molecular weight is 271 g/mol. The summed E-state index contributed by atoms with van der Waals surface area (Å²) < 4.78 is 0.810. The first kappa shape index (κ1) is 11.7. The molecule has 0 radical (unpaired) electrons. The van der Waals surface area contributed by atoms with Crippen LogP contribution in [-0.4, -0.2) is 22.6 Å². The Labute approximate surface area is 96.2 Å². The van der Waals surface area contributed by atoms with Crippen molar-refractivity contribution in [3.8, 4) is 0 Å². The largest absolute Gasteiger partial charge is 0.478 e. The summed E-state index contributed by atoms with van der Waals surface area (Å²) >= 11 is 3.21. The number of carboxylic acids is 1. The summed E-state index contributed by atoms with van der Waals surface area (Å²) in [6.07, 6.45) is 0. The Morgan fingerprint density at radius 3 is 2.80 bits per heavy atom. The van der Waals surface area contributed by atoms with Crippen LogP contribution in [0.15, 0.2) is 23.2 Å². The highest BCUT2D eigenvalue weighted by molar-refractivity contribution is 9.11. The van der Waals surface area contributed by atoms with Crippen molar-refractivity contribution >= 4 is 27.7 Å². The number of nitrogens with one attached hydrogen (secondary N) is 1. The molecule has 5 heteroatoms. The maximum Gasteiger partial charge on any atom is 0.337 e. The molecule has 0 aliphatic carbocycles. The Kier molecular flexibility index (Phi) is 3.85. The molecule has 1 heterocycles. The third-order valence-corrected chi connectivity index (χ3v) is 2.06. The van der Waals surface area contributed by atoms with Gasteiger partial charge in [0.15, 0.2) is 0 Å². The minimum atomic E-state index is -0.962. The molecule has 0 amide bonds. The Hall–Kier alpha value is -1.36. The van der Waals surface area contributed by atoms with E-state index in [1.165, 1.54) is 6.07 Å². The lowest BCUT2D eigenvalue weighted by molar-refractivity contribution is 0.0695. The second kappa shape index (κ2) is 4.93. The number of aromatic carboxylic acids is 1. The van der Waals surface area contributed by atoms with Crippen LogP contribution in [0.1, 0.15) is 16.1 Å². The second-order valence-corrected chi connectivity index (χ2v) is 4.13. The average Bonchev–Trinajstić information content (AvgIpc) is 2.14. The molecule has 1 aromatic heterocycles. The molecule has 0 aliphatic heterocycles. The zero-order valence-electron chi connectivity index (χ0n) is 8.25. The SMILES string of the molecule is C=C(Br)CNc1ccc(C(=O)O)c(C)n1. The number of halogens is 1. The minimum Gasteiger partial charge on any atom is -0.478 e. The van der Waals surface area contributed by atoms with E-state index in [1.54, 1.807) is 13.0 Å². The molecule has 15 heavy (non-hydrogen) atoms. The normalized spacial score (nSPS) is 9.73. The number of aromatic nitrogens is 1. The molecular weight excluding hydrogens is 260 g/mol. The van der Waals surface area contributed by atoms with Crippen molar-refractivity contribution in [1.29, 1.82) is 0 Å². The lowest BCUT2D eigenvalue weighted by Gasteiger charge is -2.06.